The molecule has 3 aromatic rings. The van der Waals surface area contributed by atoms with Gasteiger partial charge >= 0.3 is 0 Å². The summed E-state index contributed by atoms with van der Waals surface area (Å²) in [6, 6.07) is 10.4. The van der Waals surface area contributed by atoms with Gasteiger partial charge in [0, 0.05) is 24.3 Å². The first-order chi connectivity index (χ1) is 15.9. The molecule has 0 aliphatic carbocycles. The lowest BCUT2D eigenvalue weighted by Crippen LogP contribution is -2.36. The van der Waals surface area contributed by atoms with E-state index >= 15 is 0 Å². The van der Waals surface area contributed by atoms with Gasteiger partial charge in [-0.1, -0.05) is 12.1 Å². The Morgan fingerprint density at radius 3 is 2.73 bits per heavy atom. The summed E-state index contributed by atoms with van der Waals surface area (Å²) >= 11 is 0. The maximum absolute atomic E-state index is 12.6. The molecule has 2 amide bonds. The monoisotopic (exact) mass is 449 g/mol. The largest absolute Gasteiger partial charge is 0.379 e. The van der Waals surface area contributed by atoms with E-state index in [-0.39, 0.29) is 18.0 Å². The normalized spacial score (nSPS) is 14.2. The Hall–Kier alpha value is -3.56. The summed E-state index contributed by atoms with van der Waals surface area (Å²) in [6.07, 6.45) is 0. The van der Waals surface area contributed by atoms with Crippen LogP contribution in [0.4, 0.5) is 5.69 Å². The van der Waals surface area contributed by atoms with Crippen molar-refractivity contribution in [2.75, 3.05) is 38.2 Å². The Morgan fingerprint density at radius 2 is 1.94 bits per heavy atom. The number of nitrogens with one attached hydrogen (secondary N) is 3. The van der Waals surface area contributed by atoms with Gasteiger partial charge in [-0.15, -0.1) is 0 Å². The number of aromatic nitrogens is 2. The number of morpholine rings is 1. The summed E-state index contributed by atoms with van der Waals surface area (Å²) in [5.41, 5.74) is 3.30. The van der Waals surface area contributed by atoms with Crippen molar-refractivity contribution in [1.29, 1.82) is 0 Å². The van der Waals surface area contributed by atoms with Crippen molar-refractivity contribution in [3.05, 3.63) is 69.3 Å². The number of ether oxygens (including phenoxy) is 1. The predicted molar refractivity (Wildman–Crippen MR) is 125 cm³/mol. The fraction of sp³-hybridized carbons (Fsp3) is 0.333. The van der Waals surface area contributed by atoms with Crippen molar-refractivity contribution in [2.24, 2.45) is 0 Å². The smallest absolute Gasteiger partial charge is 0.258 e. The number of carbonyl (C=O) groups excluding carboxylic acids is 2. The number of fused-ring (bicyclic) bond motifs is 1. The summed E-state index contributed by atoms with van der Waals surface area (Å²) in [5, 5.41) is 5.85. The van der Waals surface area contributed by atoms with Crippen LogP contribution in [0, 0.1) is 13.8 Å². The van der Waals surface area contributed by atoms with Crippen LogP contribution < -0.4 is 16.2 Å². The number of amides is 2. The maximum Gasteiger partial charge on any atom is 0.258 e. The number of anilines is 1. The standard InChI is InChI=1S/C24H27N5O4/c1-15-4-3-5-19(16(15)2)27-22(30)13-25-23(31)17-6-7-18-20(12-17)26-21(28-24(18)32)14-29-8-10-33-11-9-29/h3-7,12H,8-11,13-14H2,1-2H3,(H,25,31)(H,27,30)(H,26,28,32). The van der Waals surface area contributed by atoms with Crippen molar-refractivity contribution < 1.29 is 14.3 Å². The quantitative estimate of drug-likeness (QED) is 0.528. The second-order valence-corrected chi connectivity index (χ2v) is 8.11. The second kappa shape index (κ2) is 9.93. The minimum absolute atomic E-state index is 0.171. The highest BCUT2D eigenvalue weighted by Crippen LogP contribution is 2.17. The molecule has 3 N–H and O–H groups in total. The number of aryl methyl sites for hydroxylation is 1. The number of aromatic amines is 1. The molecule has 9 heteroatoms. The summed E-state index contributed by atoms with van der Waals surface area (Å²) < 4.78 is 5.35. The van der Waals surface area contributed by atoms with Gasteiger partial charge in [0.05, 0.1) is 37.2 Å². The van der Waals surface area contributed by atoms with Crippen LogP contribution >= 0.6 is 0 Å². The lowest BCUT2D eigenvalue weighted by molar-refractivity contribution is -0.115. The van der Waals surface area contributed by atoms with Gasteiger partial charge in [0.15, 0.2) is 0 Å². The summed E-state index contributed by atoms with van der Waals surface area (Å²) in [5.74, 6) is -0.190. The number of rotatable bonds is 6. The van der Waals surface area contributed by atoms with Crippen LogP contribution in [-0.4, -0.2) is 59.5 Å². The van der Waals surface area contributed by atoms with E-state index in [0.29, 0.717) is 42.0 Å². The topological polar surface area (TPSA) is 116 Å². The zero-order valence-electron chi connectivity index (χ0n) is 18.7. The zero-order chi connectivity index (χ0) is 23.4. The van der Waals surface area contributed by atoms with Crippen LogP contribution in [0.1, 0.15) is 27.3 Å². The summed E-state index contributed by atoms with van der Waals surface area (Å²) in [6.45, 7) is 7.08. The molecule has 0 bridgehead atoms. The van der Waals surface area contributed by atoms with Crippen LogP contribution in [0.3, 0.4) is 0 Å². The van der Waals surface area contributed by atoms with Gasteiger partial charge in [-0.25, -0.2) is 4.98 Å². The van der Waals surface area contributed by atoms with Crippen molar-refractivity contribution >= 4 is 28.4 Å². The molecule has 1 saturated heterocycles. The van der Waals surface area contributed by atoms with E-state index in [4.69, 9.17) is 4.74 Å². The number of H-pyrrole nitrogens is 1. The molecule has 1 aliphatic rings. The average molecular weight is 450 g/mol. The van der Waals surface area contributed by atoms with Crippen LogP contribution in [0.5, 0.6) is 0 Å². The highest BCUT2D eigenvalue weighted by Gasteiger charge is 2.15. The van der Waals surface area contributed by atoms with Gasteiger partial charge in [0.2, 0.25) is 5.91 Å². The van der Waals surface area contributed by atoms with Gasteiger partial charge in [0.25, 0.3) is 11.5 Å². The van der Waals surface area contributed by atoms with Crippen molar-refractivity contribution in [3.63, 3.8) is 0 Å². The third kappa shape index (κ3) is 5.44. The molecule has 1 aromatic heterocycles. The molecule has 33 heavy (non-hydrogen) atoms. The first kappa shape index (κ1) is 22.6. The Balaban J connectivity index is 1.43. The first-order valence-corrected chi connectivity index (χ1v) is 10.9. The van der Waals surface area contributed by atoms with Gasteiger partial charge in [-0.3, -0.25) is 19.3 Å². The molecule has 0 spiro atoms. The van der Waals surface area contributed by atoms with E-state index in [2.05, 4.69) is 25.5 Å². The van der Waals surface area contributed by atoms with Gasteiger partial charge in [-0.2, -0.15) is 0 Å². The van der Waals surface area contributed by atoms with Crippen LogP contribution in [0.15, 0.2) is 41.2 Å². The fourth-order valence-electron chi connectivity index (χ4n) is 3.72. The third-order valence-electron chi connectivity index (χ3n) is 5.78. The number of hydrogen-bond donors (Lipinski definition) is 3. The summed E-state index contributed by atoms with van der Waals surface area (Å²) in [4.78, 5) is 46.9. The molecule has 2 aromatic carbocycles. The Labute approximate surface area is 191 Å². The third-order valence-corrected chi connectivity index (χ3v) is 5.78. The van der Waals surface area contributed by atoms with Crippen LogP contribution in [-0.2, 0) is 16.1 Å². The van der Waals surface area contributed by atoms with Gasteiger partial charge in [0.1, 0.15) is 5.82 Å². The molecule has 4 rings (SSSR count). The van der Waals surface area contributed by atoms with Gasteiger partial charge < -0.3 is 20.4 Å². The highest BCUT2D eigenvalue weighted by molar-refractivity contribution is 6.01. The lowest BCUT2D eigenvalue weighted by Gasteiger charge is -2.25. The molecule has 0 atom stereocenters. The maximum atomic E-state index is 12.6. The molecule has 1 fully saturated rings. The zero-order valence-corrected chi connectivity index (χ0v) is 18.7. The fourth-order valence-corrected chi connectivity index (χ4v) is 3.72. The first-order valence-electron chi connectivity index (χ1n) is 10.9. The molecular weight excluding hydrogens is 422 g/mol. The Kier molecular flexibility index (Phi) is 6.81. The van der Waals surface area contributed by atoms with Crippen molar-refractivity contribution in [2.45, 2.75) is 20.4 Å². The Morgan fingerprint density at radius 1 is 1.15 bits per heavy atom. The summed E-state index contributed by atoms with van der Waals surface area (Å²) in [7, 11) is 0. The van der Waals surface area contributed by atoms with E-state index in [1.807, 2.05) is 32.0 Å². The van der Waals surface area contributed by atoms with Gasteiger partial charge in [-0.05, 0) is 49.2 Å². The lowest BCUT2D eigenvalue weighted by atomic mass is 10.1. The molecule has 1 aliphatic heterocycles. The number of hydrogen-bond acceptors (Lipinski definition) is 6. The van der Waals surface area contributed by atoms with E-state index < -0.39 is 5.91 Å². The number of nitrogens with zero attached hydrogens (tertiary/aromatic N) is 2. The predicted octanol–water partition coefficient (Wildman–Crippen LogP) is 1.74. The Bertz CT molecular complexity index is 1250. The molecule has 0 radical (unpaired) electrons. The van der Waals surface area contributed by atoms with E-state index in [1.165, 1.54) is 0 Å². The molecule has 9 nitrogen and oxygen atoms in total. The minimum atomic E-state index is -0.412. The van der Waals surface area contributed by atoms with E-state index in [9.17, 15) is 14.4 Å². The molecule has 0 saturated carbocycles. The minimum Gasteiger partial charge on any atom is -0.379 e. The molecule has 172 valence electrons. The van der Waals surface area contributed by atoms with Crippen molar-refractivity contribution in [3.8, 4) is 0 Å². The van der Waals surface area contributed by atoms with E-state index in [1.54, 1.807) is 18.2 Å². The number of carbonyl (C=O) groups is 2. The van der Waals surface area contributed by atoms with Crippen molar-refractivity contribution in [1.82, 2.24) is 20.2 Å². The molecule has 2 heterocycles. The highest BCUT2D eigenvalue weighted by atomic mass is 16.5. The molecular formula is C24H27N5O4. The molecule has 0 unspecified atom stereocenters. The van der Waals surface area contributed by atoms with Crippen LogP contribution in [0.25, 0.3) is 10.9 Å². The number of benzene rings is 2. The van der Waals surface area contributed by atoms with E-state index in [0.717, 1.165) is 29.9 Å². The average Bonchev–Trinajstić information content (AvgIpc) is 2.81. The van der Waals surface area contributed by atoms with Crippen LogP contribution in [0.2, 0.25) is 0 Å². The SMILES string of the molecule is Cc1cccc(NC(=O)CNC(=O)c2ccc3c(=O)[nH]c(CN4CCOCC4)nc3c2)c1C. The second-order valence-electron chi connectivity index (χ2n) is 8.11.